The highest BCUT2D eigenvalue weighted by Gasteiger charge is 2.43. The SMILES string of the molecule is COCC1(C(=O)NCCN2CCNCC2)CCC1. The second kappa shape index (κ2) is 6.50. The van der Waals surface area contributed by atoms with Crippen LogP contribution in [0.3, 0.4) is 0 Å². The van der Waals surface area contributed by atoms with E-state index in [1.54, 1.807) is 7.11 Å². The Bertz CT molecular complexity index is 273. The van der Waals surface area contributed by atoms with Gasteiger partial charge >= 0.3 is 0 Å². The molecule has 2 rings (SSSR count). The summed E-state index contributed by atoms with van der Waals surface area (Å²) in [5.41, 5.74) is -0.224. The van der Waals surface area contributed by atoms with Crippen molar-refractivity contribution < 1.29 is 9.53 Å². The zero-order valence-electron chi connectivity index (χ0n) is 11.3. The molecule has 5 heteroatoms. The first-order valence-corrected chi connectivity index (χ1v) is 6.97. The molecule has 18 heavy (non-hydrogen) atoms. The van der Waals surface area contributed by atoms with Crippen LogP contribution in [0, 0.1) is 5.41 Å². The number of piperazine rings is 1. The lowest BCUT2D eigenvalue weighted by Gasteiger charge is -2.39. The second-order valence-corrected chi connectivity index (χ2v) is 5.41. The molecule has 0 spiro atoms. The average Bonchev–Trinajstić information content (AvgIpc) is 2.35. The van der Waals surface area contributed by atoms with Gasteiger partial charge in [0.05, 0.1) is 12.0 Å². The van der Waals surface area contributed by atoms with Gasteiger partial charge in [0.25, 0.3) is 0 Å². The fourth-order valence-corrected chi connectivity index (χ4v) is 2.77. The minimum Gasteiger partial charge on any atom is -0.384 e. The number of ether oxygens (including phenoxy) is 1. The van der Waals surface area contributed by atoms with Gasteiger partial charge in [-0.1, -0.05) is 6.42 Å². The van der Waals surface area contributed by atoms with Gasteiger partial charge in [-0.05, 0) is 12.8 Å². The Hall–Kier alpha value is -0.650. The summed E-state index contributed by atoms with van der Waals surface area (Å²) in [4.78, 5) is 14.5. The molecule has 2 aliphatic rings. The fourth-order valence-electron chi connectivity index (χ4n) is 2.77. The van der Waals surface area contributed by atoms with Gasteiger partial charge in [0.2, 0.25) is 5.91 Å². The molecule has 1 aliphatic heterocycles. The smallest absolute Gasteiger partial charge is 0.228 e. The highest BCUT2D eigenvalue weighted by molar-refractivity contribution is 5.83. The van der Waals surface area contributed by atoms with E-state index in [4.69, 9.17) is 4.74 Å². The van der Waals surface area contributed by atoms with Gasteiger partial charge in [-0.2, -0.15) is 0 Å². The predicted octanol–water partition coefficient (Wildman–Crippen LogP) is -0.175. The van der Waals surface area contributed by atoms with Gasteiger partial charge in [-0.3, -0.25) is 9.69 Å². The van der Waals surface area contributed by atoms with Gasteiger partial charge in [-0.15, -0.1) is 0 Å². The van der Waals surface area contributed by atoms with E-state index in [0.29, 0.717) is 6.61 Å². The molecule has 0 bridgehead atoms. The number of amides is 1. The lowest BCUT2D eigenvalue weighted by molar-refractivity contribution is -0.140. The van der Waals surface area contributed by atoms with E-state index in [1.165, 1.54) is 0 Å². The van der Waals surface area contributed by atoms with Gasteiger partial charge in [0.15, 0.2) is 0 Å². The third kappa shape index (κ3) is 3.22. The van der Waals surface area contributed by atoms with Gasteiger partial charge in [0, 0.05) is 46.4 Å². The third-order valence-corrected chi connectivity index (χ3v) is 4.14. The predicted molar refractivity (Wildman–Crippen MR) is 70.5 cm³/mol. The number of carbonyl (C=O) groups is 1. The largest absolute Gasteiger partial charge is 0.384 e. The Morgan fingerprint density at radius 2 is 2.11 bits per heavy atom. The summed E-state index contributed by atoms with van der Waals surface area (Å²) >= 11 is 0. The summed E-state index contributed by atoms with van der Waals surface area (Å²) < 4.78 is 5.19. The minimum absolute atomic E-state index is 0.186. The van der Waals surface area contributed by atoms with Crippen molar-refractivity contribution in [3.05, 3.63) is 0 Å². The van der Waals surface area contributed by atoms with Crippen molar-refractivity contribution in [2.45, 2.75) is 19.3 Å². The highest BCUT2D eigenvalue weighted by Crippen LogP contribution is 2.41. The van der Waals surface area contributed by atoms with Gasteiger partial charge < -0.3 is 15.4 Å². The van der Waals surface area contributed by atoms with Crippen LogP contribution in [-0.2, 0) is 9.53 Å². The van der Waals surface area contributed by atoms with Crippen molar-refractivity contribution in [1.29, 1.82) is 0 Å². The summed E-state index contributed by atoms with van der Waals surface area (Å²) in [7, 11) is 1.67. The Kier molecular flexibility index (Phi) is 4.97. The molecular weight excluding hydrogens is 230 g/mol. The fraction of sp³-hybridized carbons (Fsp3) is 0.923. The number of nitrogens with zero attached hydrogens (tertiary/aromatic N) is 1. The molecular formula is C13H25N3O2. The summed E-state index contributed by atoms with van der Waals surface area (Å²) in [5, 5.41) is 6.40. The molecule has 0 aromatic carbocycles. The molecule has 1 saturated carbocycles. The van der Waals surface area contributed by atoms with Crippen LogP contribution in [0.5, 0.6) is 0 Å². The molecule has 2 fully saturated rings. The van der Waals surface area contributed by atoms with Crippen LogP contribution in [-0.4, -0.2) is 63.8 Å². The summed E-state index contributed by atoms with van der Waals surface area (Å²) in [6.45, 7) is 6.55. The first-order valence-electron chi connectivity index (χ1n) is 6.97. The van der Waals surface area contributed by atoms with E-state index < -0.39 is 0 Å². The van der Waals surface area contributed by atoms with E-state index in [2.05, 4.69) is 15.5 Å². The first-order chi connectivity index (χ1) is 8.77. The Morgan fingerprint density at radius 1 is 1.39 bits per heavy atom. The van der Waals surface area contributed by atoms with Crippen LogP contribution in [0.15, 0.2) is 0 Å². The molecule has 0 atom stereocenters. The van der Waals surface area contributed by atoms with Crippen molar-refractivity contribution in [3.8, 4) is 0 Å². The number of carbonyl (C=O) groups excluding carboxylic acids is 1. The van der Waals surface area contributed by atoms with Crippen LogP contribution >= 0.6 is 0 Å². The normalized spacial score (nSPS) is 23.4. The maximum absolute atomic E-state index is 12.2. The first kappa shape index (κ1) is 13.8. The molecule has 5 nitrogen and oxygen atoms in total. The van der Waals surface area contributed by atoms with Crippen LogP contribution in [0.2, 0.25) is 0 Å². The lowest BCUT2D eigenvalue weighted by Crippen LogP contribution is -2.51. The number of methoxy groups -OCH3 is 1. The number of rotatable bonds is 6. The van der Waals surface area contributed by atoms with Crippen molar-refractivity contribution in [3.63, 3.8) is 0 Å². The highest BCUT2D eigenvalue weighted by atomic mass is 16.5. The standard InChI is InChI=1S/C13H25N3O2/c1-18-11-13(3-2-4-13)12(17)15-7-10-16-8-5-14-6-9-16/h14H,2-11H2,1H3,(H,15,17). The summed E-state index contributed by atoms with van der Waals surface area (Å²) in [6.07, 6.45) is 3.09. The van der Waals surface area contributed by atoms with Gasteiger partial charge in [0.1, 0.15) is 0 Å². The maximum Gasteiger partial charge on any atom is 0.228 e. The van der Waals surface area contributed by atoms with Crippen LogP contribution in [0.4, 0.5) is 0 Å². The van der Waals surface area contributed by atoms with Gasteiger partial charge in [-0.25, -0.2) is 0 Å². The summed E-state index contributed by atoms with van der Waals surface area (Å²) in [5.74, 6) is 0.186. The van der Waals surface area contributed by atoms with Crippen LogP contribution < -0.4 is 10.6 Å². The molecule has 2 N–H and O–H groups in total. The van der Waals surface area contributed by atoms with Crippen molar-refractivity contribution in [2.24, 2.45) is 5.41 Å². The topological polar surface area (TPSA) is 53.6 Å². The molecule has 1 aliphatic carbocycles. The second-order valence-electron chi connectivity index (χ2n) is 5.41. The van der Waals surface area contributed by atoms with Crippen molar-refractivity contribution in [1.82, 2.24) is 15.5 Å². The van der Waals surface area contributed by atoms with E-state index in [-0.39, 0.29) is 11.3 Å². The van der Waals surface area contributed by atoms with Crippen molar-refractivity contribution >= 4 is 5.91 Å². The zero-order valence-corrected chi connectivity index (χ0v) is 11.3. The minimum atomic E-state index is -0.224. The number of hydrogen-bond acceptors (Lipinski definition) is 4. The Labute approximate surface area is 109 Å². The monoisotopic (exact) mass is 255 g/mol. The summed E-state index contributed by atoms with van der Waals surface area (Å²) in [6, 6.07) is 0. The lowest BCUT2D eigenvalue weighted by atomic mass is 9.68. The number of hydrogen-bond donors (Lipinski definition) is 2. The quantitative estimate of drug-likeness (QED) is 0.691. The molecule has 1 saturated heterocycles. The molecule has 0 aromatic rings. The van der Waals surface area contributed by atoms with E-state index in [0.717, 1.165) is 58.5 Å². The molecule has 0 unspecified atom stereocenters. The molecule has 0 aromatic heterocycles. The van der Waals surface area contributed by atoms with Crippen LogP contribution in [0.25, 0.3) is 0 Å². The molecule has 0 radical (unpaired) electrons. The Morgan fingerprint density at radius 3 is 2.67 bits per heavy atom. The molecule has 1 amide bonds. The third-order valence-electron chi connectivity index (χ3n) is 4.14. The van der Waals surface area contributed by atoms with Crippen LogP contribution in [0.1, 0.15) is 19.3 Å². The maximum atomic E-state index is 12.2. The van der Waals surface area contributed by atoms with E-state index >= 15 is 0 Å². The van der Waals surface area contributed by atoms with E-state index in [9.17, 15) is 4.79 Å². The average molecular weight is 255 g/mol. The molecule has 1 heterocycles. The molecule has 104 valence electrons. The van der Waals surface area contributed by atoms with E-state index in [1.807, 2.05) is 0 Å². The Balaban J connectivity index is 1.67. The number of nitrogens with one attached hydrogen (secondary N) is 2. The zero-order chi connectivity index (χ0) is 12.8. The van der Waals surface area contributed by atoms with Crippen molar-refractivity contribution in [2.75, 3.05) is 53.0 Å².